The summed E-state index contributed by atoms with van der Waals surface area (Å²) in [5.74, 6) is -1.26. The number of benzene rings is 1. The number of carbonyl (C=O) groups is 3. The van der Waals surface area contributed by atoms with Crippen LogP contribution < -0.4 is 16.2 Å². The van der Waals surface area contributed by atoms with Gasteiger partial charge in [-0.1, -0.05) is 31.5 Å². The molecule has 0 aliphatic carbocycles. The average molecular weight is 291 g/mol. The lowest BCUT2D eigenvalue weighted by Gasteiger charge is -2.21. The minimum atomic E-state index is -0.694. The van der Waals surface area contributed by atoms with Crippen LogP contribution in [0.25, 0.3) is 0 Å². The molecule has 0 aromatic heterocycles. The van der Waals surface area contributed by atoms with Gasteiger partial charge >= 0.3 is 0 Å². The van der Waals surface area contributed by atoms with Crippen LogP contribution in [0.1, 0.15) is 36.7 Å². The first-order valence-electron chi connectivity index (χ1n) is 6.75. The van der Waals surface area contributed by atoms with Gasteiger partial charge in [-0.25, -0.2) is 0 Å². The van der Waals surface area contributed by atoms with E-state index in [0.29, 0.717) is 5.56 Å². The third-order valence-corrected chi connectivity index (χ3v) is 2.92. The van der Waals surface area contributed by atoms with Crippen LogP contribution in [0, 0.1) is 12.8 Å². The van der Waals surface area contributed by atoms with Gasteiger partial charge in [0.15, 0.2) is 0 Å². The van der Waals surface area contributed by atoms with Gasteiger partial charge in [0, 0.05) is 12.5 Å². The first kappa shape index (κ1) is 16.7. The predicted octanol–water partition coefficient (Wildman–Crippen LogP) is 0.917. The molecular formula is C15H21N3O3. The molecule has 114 valence electrons. The molecule has 0 saturated carbocycles. The van der Waals surface area contributed by atoms with Crippen molar-refractivity contribution >= 4 is 17.7 Å². The molecular weight excluding hydrogens is 270 g/mol. The van der Waals surface area contributed by atoms with Crippen molar-refractivity contribution < 1.29 is 14.4 Å². The Morgan fingerprint density at radius 2 is 1.57 bits per heavy atom. The molecule has 0 fully saturated rings. The van der Waals surface area contributed by atoms with E-state index in [2.05, 4.69) is 16.2 Å². The van der Waals surface area contributed by atoms with Crippen LogP contribution in [-0.2, 0) is 9.59 Å². The first-order chi connectivity index (χ1) is 9.81. The fourth-order valence-corrected chi connectivity index (χ4v) is 1.73. The number of rotatable bonds is 4. The molecule has 1 aromatic carbocycles. The summed E-state index contributed by atoms with van der Waals surface area (Å²) in [6.07, 6.45) is 0. The Labute approximate surface area is 124 Å². The Morgan fingerprint density at radius 3 is 2.05 bits per heavy atom. The van der Waals surface area contributed by atoms with E-state index >= 15 is 0 Å². The van der Waals surface area contributed by atoms with Gasteiger partial charge in [-0.15, -0.1) is 0 Å². The van der Waals surface area contributed by atoms with Gasteiger partial charge in [-0.3, -0.25) is 25.2 Å². The van der Waals surface area contributed by atoms with Crippen LogP contribution in [0.15, 0.2) is 24.3 Å². The number of amides is 3. The van der Waals surface area contributed by atoms with Crippen molar-refractivity contribution in [3.63, 3.8) is 0 Å². The largest absolute Gasteiger partial charge is 0.344 e. The van der Waals surface area contributed by atoms with Gasteiger partial charge < -0.3 is 5.32 Å². The number of nitrogens with one attached hydrogen (secondary N) is 3. The normalized spacial score (nSPS) is 11.7. The maximum Gasteiger partial charge on any atom is 0.269 e. The number of hydrazine groups is 1. The molecule has 3 amide bonds. The fraction of sp³-hybridized carbons (Fsp3) is 0.400. The molecule has 21 heavy (non-hydrogen) atoms. The van der Waals surface area contributed by atoms with Gasteiger partial charge in [0.25, 0.3) is 11.8 Å². The Kier molecular flexibility index (Phi) is 5.90. The molecule has 1 unspecified atom stereocenters. The lowest BCUT2D eigenvalue weighted by atomic mass is 10.0. The third kappa shape index (κ3) is 5.25. The monoisotopic (exact) mass is 291 g/mol. The second-order valence-corrected chi connectivity index (χ2v) is 5.23. The summed E-state index contributed by atoms with van der Waals surface area (Å²) >= 11 is 0. The second kappa shape index (κ2) is 7.42. The first-order valence-corrected chi connectivity index (χ1v) is 6.75. The standard InChI is InChI=1S/C15H21N3O3/c1-9(2)13(16-11(4)19)15(21)18-17-14(20)12-7-5-10(3)6-8-12/h5-9,13H,1-4H3,(H,16,19)(H,17,20)(H,18,21). The second-order valence-electron chi connectivity index (χ2n) is 5.23. The summed E-state index contributed by atoms with van der Waals surface area (Å²) in [5.41, 5.74) is 6.15. The summed E-state index contributed by atoms with van der Waals surface area (Å²) < 4.78 is 0. The van der Waals surface area contributed by atoms with Crippen LogP contribution in [-0.4, -0.2) is 23.8 Å². The van der Waals surface area contributed by atoms with E-state index in [1.807, 2.05) is 32.9 Å². The summed E-state index contributed by atoms with van der Waals surface area (Å²) in [6.45, 7) is 6.88. The molecule has 6 nitrogen and oxygen atoms in total. The maximum atomic E-state index is 12.0. The van der Waals surface area contributed by atoms with Crippen molar-refractivity contribution in [3.8, 4) is 0 Å². The Hall–Kier alpha value is -2.37. The van der Waals surface area contributed by atoms with Crippen LogP contribution in [0.2, 0.25) is 0 Å². The molecule has 1 rings (SSSR count). The SMILES string of the molecule is CC(=O)NC(C(=O)NNC(=O)c1ccc(C)cc1)C(C)C. The lowest BCUT2D eigenvalue weighted by molar-refractivity contribution is -0.129. The van der Waals surface area contributed by atoms with E-state index in [4.69, 9.17) is 0 Å². The molecule has 6 heteroatoms. The summed E-state index contributed by atoms with van der Waals surface area (Å²) in [5, 5.41) is 2.55. The Balaban J connectivity index is 2.60. The number of carbonyl (C=O) groups excluding carboxylic acids is 3. The number of hydrogen-bond donors (Lipinski definition) is 3. The summed E-state index contributed by atoms with van der Waals surface area (Å²) in [6, 6.07) is 6.27. The Bertz CT molecular complexity index is 523. The van der Waals surface area contributed by atoms with Crippen LogP contribution >= 0.6 is 0 Å². The van der Waals surface area contributed by atoms with Gasteiger partial charge in [0.1, 0.15) is 6.04 Å². The van der Waals surface area contributed by atoms with Crippen molar-refractivity contribution in [3.05, 3.63) is 35.4 Å². The maximum absolute atomic E-state index is 12.0. The van der Waals surface area contributed by atoms with Crippen molar-refractivity contribution in [1.82, 2.24) is 16.2 Å². The molecule has 0 saturated heterocycles. The molecule has 1 atom stereocenters. The van der Waals surface area contributed by atoms with Crippen molar-refractivity contribution in [2.75, 3.05) is 0 Å². The Morgan fingerprint density at radius 1 is 1.00 bits per heavy atom. The van der Waals surface area contributed by atoms with Gasteiger partial charge in [-0.2, -0.15) is 0 Å². The minimum Gasteiger partial charge on any atom is -0.344 e. The van der Waals surface area contributed by atoms with Gasteiger partial charge in [0.05, 0.1) is 0 Å². The van der Waals surface area contributed by atoms with Gasteiger partial charge in [-0.05, 0) is 25.0 Å². The molecule has 0 bridgehead atoms. The van der Waals surface area contributed by atoms with E-state index in [1.165, 1.54) is 6.92 Å². The smallest absolute Gasteiger partial charge is 0.269 e. The highest BCUT2D eigenvalue weighted by atomic mass is 16.2. The molecule has 0 aliphatic rings. The molecule has 1 aromatic rings. The lowest BCUT2D eigenvalue weighted by Crippen LogP contribution is -2.54. The average Bonchev–Trinajstić information content (AvgIpc) is 2.42. The van der Waals surface area contributed by atoms with E-state index in [1.54, 1.807) is 12.1 Å². The van der Waals surface area contributed by atoms with E-state index in [0.717, 1.165) is 5.56 Å². The van der Waals surface area contributed by atoms with E-state index < -0.39 is 17.9 Å². The summed E-state index contributed by atoms with van der Waals surface area (Å²) in [7, 11) is 0. The van der Waals surface area contributed by atoms with Crippen LogP contribution in [0.4, 0.5) is 0 Å². The highest BCUT2D eigenvalue weighted by molar-refractivity contribution is 5.96. The number of aryl methyl sites for hydroxylation is 1. The molecule has 0 heterocycles. The zero-order valence-corrected chi connectivity index (χ0v) is 12.7. The van der Waals surface area contributed by atoms with E-state index in [-0.39, 0.29) is 11.8 Å². The van der Waals surface area contributed by atoms with Gasteiger partial charge in [0.2, 0.25) is 5.91 Å². The molecule has 3 N–H and O–H groups in total. The molecule has 0 spiro atoms. The highest BCUT2D eigenvalue weighted by Crippen LogP contribution is 2.03. The van der Waals surface area contributed by atoms with Crippen molar-refractivity contribution in [2.24, 2.45) is 5.92 Å². The number of hydrogen-bond acceptors (Lipinski definition) is 3. The topological polar surface area (TPSA) is 87.3 Å². The third-order valence-electron chi connectivity index (χ3n) is 2.92. The van der Waals surface area contributed by atoms with Crippen molar-refractivity contribution in [2.45, 2.75) is 33.7 Å². The highest BCUT2D eigenvalue weighted by Gasteiger charge is 2.23. The molecule has 0 radical (unpaired) electrons. The minimum absolute atomic E-state index is 0.0924. The van der Waals surface area contributed by atoms with E-state index in [9.17, 15) is 14.4 Å². The molecule has 0 aliphatic heterocycles. The zero-order valence-electron chi connectivity index (χ0n) is 12.7. The van der Waals surface area contributed by atoms with Crippen molar-refractivity contribution in [1.29, 1.82) is 0 Å². The predicted molar refractivity (Wildman–Crippen MR) is 79.2 cm³/mol. The van der Waals surface area contributed by atoms with Crippen LogP contribution in [0.5, 0.6) is 0 Å². The van der Waals surface area contributed by atoms with Crippen LogP contribution in [0.3, 0.4) is 0 Å². The zero-order chi connectivity index (χ0) is 16.0. The quantitative estimate of drug-likeness (QED) is 0.721. The fourth-order valence-electron chi connectivity index (χ4n) is 1.73. The summed E-state index contributed by atoms with van der Waals surface area (Å²) in [4.78, 5) is 34.9.